The molecule has 0 amide bonds. The molecule has 1 N–H and O–H groups in total. The van der Waals surface area contributed by atoms with Gasteiger partial charge in [0.2, 0.25) is 0 Å². The Morgan fingerprint density at radius 1 is 1.24 bits per heavy atom. The van der Waals surface area contributed by atoms with Crippen LogP contribution in [0.15, 0.2) is 24.3 Å². The molecule has 140 valence electrons. The van der Waals surface area contributed by atoms with Crippen LogP contribution in [-0.4, -0.2) is 29.6 Å². The molecule has 0 bridgehead atoms. The summed E-state index contributed by atoms with van der Waals surface area (Å²) in [5.41, 5.74) is 1.49. The standard InChI is InChI=1S/C23H37NO/c1-18(20-8-5-4-6-9-20)12-14-24-15-13-23(3,19(2)17-24)21-10-7-11-22(25)16-21/h7,10-11,16,18-20,25H,4-6,8-9,12-15,17H2,1-3H3/t18-,19-,23+/m0/s1. The second-order valence-electron chi connectivity index (χ2n) is 9.08. The average Bonchev–Trinajstić information content (AvgIpc) is 2.63. The molecule has 3 atom stereocenters. The van der Waals surface area contributed by atoms with Gasteiger partial charge in [-0.3, -0.25) is 0 Å². The summed E-state index contributed by atoms with van der Waals surface area (Å²) < 4.78 is 0. The predicted molar refractivity (Wildman–Crippen MR) is 106 cm³/mol. The first-order valence-corrected chi connectivity index (χ1v) is 10.5. The van der Waals surface area contributed by atoms with Crippen molar-refractivity contribution in [3.8, 4) is 5.75 Å². The fraction of sp³-hybridized carbons (Fsp3) is 0.739. The molecule has 0 radical (unpaired) electrons. The zero-order valence-electron chi connectivity index (χ0n) is 16.5. The number of hydrogen-bond donors (Lipinski definition) is 1. The number of piperidine rings is 1. The van der Waals surface area contributed by atoms with Gasteiger partial charge in [0.15, 0.2) is 0 Å². The van der Waals surface area contributed by atoms with Crippen molar-refractivity contribution in [2.75, 3.05) is 19.6 Å². The molecule has 1 aromatic carbocycles. The third-order valence-electron chi connectivity index (χ3n) is 7.43. The molecule has 2 fully saturated rings. The van der Waals surface area contributed by atoms with E-state index in [2.05, 4.69) is 31.7 Å². The lowest BCUT2D eigenvalue weighted by Gasteiger charge is -2.45. The smallest absolute Gasteiger partial charge is 0.115 e. The van der Waals surface area contributed by atoms with Crippen molar-refractivity contribution in [3.05, 3.63) is 29.8 Å². The first-order chi connectivity index (χ1) is 12.0. The third-order valence-corrected chi connectivity index (χ3v) is 7.43. The van der Waals surface area contributed by atoms with Crippen LogP contribution in [0.3, 0.4) is 0 Å². The van der Waals surface area contributed by atoms with Gasteiger partial charge in [-0.25, -0.2) is 0 Å². The molecule has 3 rings (SSSR count). The van der Waals surface area contributed by atoms with Crippen LogP contribution < -0.4 is 0 Å². The van der Waals surface area contributed by atoms with Crippen LogP contribution in [0.1, 0.15) is 71.3 Å². The highest BCUT2D eigenvalue weighted by atomic mass is 16.3. The van der Waals surface area contributed by atoms with Crippen LogP contribution in [0.2, 0.25) is 0 Å². The second-order valence-corrected chi connectivity index (χ2v) is 9.08. The first-order valence-electron chi connectivity index (χ1n) is 10.5. The number of nitrogens with zero attached hydrogens (tertiary/aromatic N) is 1. The molecule has 2 aliphatic rings. The summed E-state index contributed by atoms with van der Waals surface area (Å²) in [4.78, 5) is 2.69. The molecule has 1 saturated heterocycles. The molecule has 0 unspecified atom stereocenters. The molecule has 2 nitrogen and oxygen atoms in total. The predicted octanol–water partition coefficient (Wildman–Crippen LogP) is 5.60. The van der Waals surface area contributed by atoms with Crippen LogP contribution >= 0.6 is 0 Å². The summed E-state index contributed by atoms with van der Waals surface area (Å²) in [6.45, 7) is 10.9. The van der Waals surface area contributed by atoms with Gasteiger partial charge < -0.3 is 10.0 Å². The largest absolute Gasteiger partial charge is 0.508 e. The van der Waals surface area contributed by atoms with Crippen molar-refractivity contribution >= 4 is 0 Å². The number of phenols is 1. The summed E-state index contributed by atoms with van der Waals surface area (Å²) in [5.74, 6) is 2.88. The Bertz CT molecular complexity index is 551. The topological polar surface area (TPSA) is 23.5 Å². The van der Waals surface area contributed by atoms with E-state index in [9.17, 15) is 5.11 Å². The van der Waals surface area contributed by atoms with E-state index in [4.69, 9.17) is 0 Å². The van der Waals surface area contributed by atoms with E-state index in [0.717, 1.165) is 11.8 Å². The number of phenolic OH excluding ortho intramolecular Hbond substituents is 1. The summed E-state index contributed by atoms with van der Waals surface area (Å²) >= 11 is 0. The van der Waals surface area contributed by atoms with Crippen LogP contribution in [-0.2, 0) is 5.41 Å². The Balaban J connectivity index is 1.53. The van der Waals surface area contributed by atoms with Gasteiger partial charge in [0.1, 0.15) is 5.75 Å². The van der Waals surface area contributed by atoms with Crippen molar-refractivity contribution in [1.29, 1.82) is 0 Å². The molecule has 1 aromatic rings. The normalized spacial score (nSPS) is 30.3. The Kier molecular flexibility index (Phi) is 6.09. The van der Waals surface area contributed by atoms with Crippen LogP contribution in [0, 0.1) is 17.8 Å². The number of aromatic hydroxyl groups is 1. The molecule has 0 spiro atoms. The molecule has 2 heteroatoms. The zero-order chi connectivity index (χ0) is 17.9. The van der Waals surface area contributed by atoms with Gasteiger partial charge in [0.25, 0.3) is 0 Å². The highest BCUT2D eigenvalue weighted by Crippen LogP contribution is 2.40. The third kappa shape index (κ3) is 4.39. The molecule has 1 aliphatic heterocycles. The fourth-order valence-corrected chi connectivity index (χ4v) is 5.14. The van der Waals surface area contributed by atoms with Gasteiger partial charge in [-0.1, -0.05) is 65.0 Å². The van der Waals surface area contributed by atoms with Crippen molar-refractivity contribution < 1.29 is 5.11 Å². The number of hydrogen-bond acceptors (Lipinski definition) is 2. The fourth-order valence-electron chi connectivity index (χ4n) is 5.14. The van der Waals surface area contributed by atoms with Crippen molar-refractivity contribution in [2.45, 2.75) is 71.1 Å². The lowest BCUT2D eigenvalue weighted by atomic mass is 9.68. The molecule has 0 aromatic heterocycles. The van der Waals surface area contributed by atoms with E-state index >= 15 is 0 Å². The summed E-state index contributed by atoms with van der Waals surface area (Å²) in [5, 5.41) is 9.86. The minimum atomic E-state index is 0.185. The van der Waals surface area contributed by atoms with Crippen LogP contribution in [0.4, 0.5) is 0 Å². The molecule has 1 saturated carbocycles. The average molecular weight is 344 g/mol. The maximum atomic E-state index is 9.86. The van der Waals surface area contributed by atoms with Gasteiger partial charge in [0.05, 0.1) is 0 Å². The number of likely N-dealkylation sites (tertiary alicyclic amines) is 1. The van der Waals surface area contributed by atoms with E-state index in [0.29, 0.717) is 11.7 Å². The van der Waals surface area contributed by atoms with Gasteiger partial charge in [0, 0.05) is 6.54 Å². The maximum Gasteiger partial charge on any atom is 0.115 e. The second kappa shape index (κ2) is 8.12. The molecular formula is C23H37NO. The van der Waals surface area contributed by atoms with Crippen LogP contribution in [0.25, 0.3) is 0 Å². The summed E-state index contributed by atoms with van der Waals surface area (Å²) in [6, 6.07) is 7.93. The highest BCUT2D eigenvalue weighted by Gasteiger charge is 2.38. The summed E-state index contributed by atoms with van der Waals surface area (Å²) in [6.07, 6.45) is 9.85. The SMILES string of the molecule is C[C@@H](CCN1CC[C@@](C)(c2cccc(O)c2)[C@@H](C)C1)C1CCCCC1. The minimum absolute atomic E-state index is 0.185. The molecule has 1 heterocycles. The minimum Gasteiger partial charge on any atom is -0.508 e. The van der Waals surface area contributed by atoms with Crippen molar-refractivity contribution in [2.24, 2.45) is 17.8 Å². The van der Waals surface area contributed by atoms with Gasteiger partial charge in [-0.15, -0.1) is 0 Å². The van der Waals surface area contributed by atoms with Gasteiger partial charge in [-0.2, -0.15) is 0 Å². The maximum absolute atomic E-state index is 9.86. The molecule has 25 heavy (non-hydrogen) atoms. The van der Waals surface area contributed by atoms with Gasteiger partial charge >= 0.3 is 0 Å². The number of rotatable bonds is 5. The van der Waals surface area contributed by atoms with Gasteiger partial charge in [-0.05, 0) is 66.8 Å². The molecule has 1 aliphatic carbocycles. The van der Waals surface area contributed by atoms with Crippen molar-refractivity contribution in [1.82, 2.24) is 4.90 Å². The zero-order valence-corrected chi connectivity index (χ0v) is 16.5. The van der Waals surface area contributed by atoms with E-state index in [1.807, 2.05) is 12.1 Å². The quantitative estimate of drug-likeness (QED) is 0.752. The summed E-state index contributed by atoms with van der Waals surface area (Å²) in [7, 11) is 0. The highest BCUT2D eigenvalue weighted by molar-refractivity contribution is 5.33. The Morgan fingerprint density at radius 2 is 2.00 bits per heavy atom. The lowest BCUT2D eigenvalue weighted by molar-refractivity contribution is 0.100. The van der Waals surface area contributed by atoms with E-state index in [-0.39, 0.29) is 5.41 Å². The monoisotopic (exact) mass is 343 g/mol. The van der Waals surface area contributed by atoms with E-state index < -0.39 is 0 Å². The number of benzene rings is 1. The Hall–Kier alpha value is -1.02. The first kappa shape index (κ1) is 18.8. The Morgan fingerprint density at radius 3 is 2.68 bits per heavy atom. The molecular weight excluding hydrogens is 306 g/mol. The van der Waals surface area contributed by atoms with Crippen LogP contribution in [0.5, 0.6) is 5.75 Å². The Labute approximate surface area is 154 Å². The van der Waals surface area contributed by atoms with E-state index in [1.165, 1.54) is 70.1 Å². The van der Waals surface area contributed by atoms with Crippen molar-refractivity contribution in [3.63, 3.8) is 0 Å². The van der Waals surface area contributed by atoms with E-state index in [1.54, 1.807) is 6.07 Å². The lowest BCUT2D eigenvalue weighted by Crippen LogP contribution is -2.47.